The number of aryl methyl sites for hydroxylation is 1. The van der Waals surface area contributed by atoms with E-state index >= 15 is 0 Å². The number of anilines is 1. The van der Waals surface area contributed by atoms with Gasteiger partial charge in [-0.05, 0) is 43.2 Å². The van der Waals surface area contributed by atoms with E-state index in [-0.39, 0.29) is 19.1 Å². The summed E-state index contributed by atoms with van der Waals surface area (Å²) in [7, 11) is 0. The first-order chi connectivity index (χ1) is 12.0. The monoisotopic (exact) mass is 342 g/mol. The third kappa shape index (κ3) is 5.84. The molecule has 0 bridgehead atoms. The van der Waals surface area contributed by atoms with E-state index < -0.39 is 12.0 Å². The number of carbonyl (C=O) groups is 2. The Hall–Kier alpha value is -3.02. The van der Waals surface area contributed by atoms with Crippen molar-refractivity contribution in [2.24, 2.45) is 0 Å². The molecule has 0 saturated heterocycles. The van der Waals surface area contributed by atoms with E-state index in [0.29, 0.717) is 11.4 Å². The molecular formula is C19H22N2O4. The predicted molar refractivity (Wildman–Crippen MR) is 95.9 cm³/mol. The topological polar surface area (TPSA) is 87.7 Å². The lowest BCUT2D eigenvalue weighted by Gasteiger charge is -2.17. The Bertz CT molecular complexity index is 731. The molecule has 2 rings (SSSR count). The molecule has 1 atom stereocenters. The van der Waals surface area contributed by atoms with Crippen LogP contribution in [0.4, 0.5) is 10.5 Å². The molecule has 25 heavy (non-hydrogen) atoms. The summed E-state index contributed by atoms with van der Waals surface area (Å²) >= 11 is 0. The summed E-state index contributed by atoms with van der Waals surface area (Å²) < 4.78 is 5.94. The van der Waals surface area contributed by atoms with Gasteiger partial charge in [-0.2, -0.15) is 0 Å². The summed E-state index contributed by atoms with van der Waals surface area (Å²) in [5.74, 6) is -0.240. The van der Waals surface area contributed by atoms with Crippen molar-refractivity contribution in [1.29, 1.82) is 0 Å². The summed E-state index contributed by atoms with van der Waals surface area (Å²) in [5, 5.41) is 13.8. The first kappa shape index (κ1) is 18.3. The van der Waals surface area contributed by atoms with E-state index in [2.05, 4.69) is 10.6 Å². The zero-order valence-corrected chi connectivity index (χ0v) is 14.3. The largest absolute Gasteiger partial charge is 0.486 e. The van der Waals surface area contributed by atoms with Crippen LogP contribution in [0, 0.1) is 6.92 Å². The van der Waals surface area contributed by atoms with E-state index in [0.717, 1.165) is 11.1 Å². The summed E-state index contributed by atoms with van der Waals surface area (Å²) in [6.45, 7) is 3.93. The number of carboxylic acid groups (broad SMARTS) is 1. The minimum atomic E-state index is -0.953. The molecule has 132 valence electrons. The van der Waals surface area contributed by atoms with Gasteiger partial charge in [-0.3, -0.25) is 4.79 Å². The zero-order valence-electron chi connectivity index (χ0n) is 14.3. The second-order valence-electron chi connectivity index (χ2n) is 5.67. The molecule has 0 fully saturated rings. The van der Waals surface area contributed by atoms with E-state index in [1.165, 1.54) is 0 Å². The fraction of sp³-hybridized carbons (Fsp3) is 0.263. The number of aliphatic carboxylic acids is 1. The van der Waals surface area contributed by atoms with Crippen LogP contribution in [0.15, 0.2) is 48.5 Å². The van der Waals surface area contributed by atoms with E-state index in [4.69, 9.17) is 9.84 Å². The van der Waals surface area contributed by atoms with Gasteiger partial charge in [0.15, 0.2) is 0 Å². The smallest absolute Gasteiger partial charge is 0.319 e. The minimum Gasteiger partial charge on any atom is -0.486 e. The lowest BCUT2D eigenvalue weighted by molar-refractivity contribution is -0.136. The fourth-order valence-corrected chi connectivity index (χ4v) is 2.30. The molecule has 0 aromatic heterocycles. The normalized spacial score (nSPS) is 11.4. The predicted octanol–water partition coefficient (Wildman–Crippen LogP) is 3.73. The molecule has 0 spiro atoms. The van der Waals surface area contributed by atoms with E-state index in [9.17, 15) is 9.59 Å². The highest BCUT2D eigenvalue weighted by atomic mass is 16.5. The third-order valence-corrected chi connectivity index (χ3v) is 3.65. The van der Waals surface area contributed by atoms with Gasteiger partial charge in [-0.25, -0.2) is 4.79 Å². The van der Waals surface area contributed by atoms with Gasteiger partial charge in [0.1, 0.15) is 11.9 Å². The lowest BCUT2D eigenvalue weighted by Crippen LogP contribution is -2.30. The quantitative estimate of drug-likeness (QED) is 0.715. The summed E-state index contributed by atoms with van der Waals surface area (Å²) in [4.78, 5) is 22.2. The zero-order chi connectivity index (χ0) is 18.2. The molecule has 6 nitrogen and oxygen atoms in total. The Morgan fingerprint density at radius 2 is 1.88 bits per heavy atom. The van der Waals surface area contributed by atoms with Crippen LogP contribution < -0.4 is 15.4 Å². The Labute approximate surface area is 146 Å². The van der Waals surface area contributed by atoms with Crippen LogP contribution in [0.5, 0.6) is 5.75 Å². The van der Waals surface area contributed by atoms with Crippen LogP contribution in [-0.2, 0) is 4.79 Å². The number of carboxylic acids is 1. The first-order valence-electron chi connectivity index (χ1n) is 8.04. The van der Waals surface area contributed by atoms with Crippen molar-refractivity contribution in [3.63, 3.8) is 0 Å². The SMILES string of the molecule is Cc1cc(OC(C)c2ccccc2)ccc1NC(=O)NCCC(=O)O. The van der Waals surface area contributed by atoms with Gasteiger partial charge in [-0.15, -0.1) is 0 Å². The van der Waals surface area contributed by atoms with Crippen LogP contribution in [-0.4, -0.2) is 23.7 Å². The van der Waals surface area contributed by atoms with Crippen molar-refractivity contribution in [2.45, 2.75) is 26.4 Å². The van der Waals surface area contributed by atoms with Crippen LogP contribution in [0.2, 0.25) is 0 Å². The Morgan fingerprint density at radius 1 is 1.16 bits per heavy atom. The van der Waals surface area contributed by atoms with Crippen molar-refractivity contribution in [2.75, 3.05) is 11.9 Å². The van der Waals surface area contributed by atoms with Gasteiger partial charge in [0, 0.05) is 12.2 Å². The highest BCUT2D eigenvalue weighted by molar-refractivity contribution is 5.90. The number of nitrogens with one attached hydrogen (secondary N) is 2. The van der Waals surface area contributed by atoms with E-state index in [1.54, 1.807) is 12.1 Å². The molecule has 0 saturated carbocycles. The van der Waals surface area contributed by atoms with Gasteiger partial charge >= 0.3 is 12.0 Å². The average Bonchev–Trinajstić information content (AvgIpc) is 2.58. The van der Waals surface area contributed by atoms with Crippen LogP contribution in [0.25, 0.3) is 0 Å². The van der Waals surface area contributed by atoms with Gasteiger partial charge in [0.05, 0.1) is 6.42 Å². The number of ether oxygens (including phenoxy) is 1. The van der Waals surface area contributed by atoms with Crippen LogP contribution in [0.1, 0.15) is 30.6 Å². The summed E-state index contributed by atoms with van der Waals surface area (Å²) in [5.41, 5.74) is 2.58. The van der Waals surface area contributed by atoms with Crippen molar-refractivity contribution < 1.29 is 19.4 Å². The maximum absolute atomic E-state index is 11.7. The number of carbonyl (C=O) groups excluding carboxylic acids is 1. The average molecular weight is 342 g/mol. The number of urea groups is 1. The van der Waals surface area contributed by atoms with Crippen molar-refractivity contribution in [1.82, 2.24) is 5.32 Å². The lowest BCUT2D eigenvalue weighted by atomic mass is 10.1. The van der Waals surface area contributed by atoms with Crippen molar-refractivity contribution >= 4 is 17.7 Å². The van der Waals surface area contributed by atoms with Crippen LogP contribution in [0.3, 0.4) is 0 Å². The van der Waals surface area contributed by atoms with Crippen molar-refractivity contribution in [3.05, 3.63) is 59.7 Å². The molecule has 0 radical (unpaired) electrons. The molecule has 2 aromatic rings. The summed E-state index contributed by atoms with van der Waals surface area (Å²) in [6.07, 6.45) is -0.199. The van der Waals surface area contributed by atoms with Crippen LogP contribution >= 0.6 is 0 Å². The highest BCUT2D eigenvalue weighted by Gasteiger charge is 2.09. The summed E-state index contributed by atoms with van der Waals surface area (Å²) in [6, 6.07) is 14.9. The van der Waals surface area contributed by atoms with E-state index in [1.807, 2.05) is 50.2 Å². The standard InChI is InChI=1S/C19H22N2O4/c1-13-12-16(25-14(2)15-6-4-3-5-7-15)8-9-17(13)21-19(24)20-11-10-18(22)23/h3-9,12,14H,10-11H2,1-2H3,(H,22,23)(H2,20,21,24). The number of hydrogen-bond donors (Lipinski definition) is 3. The molecule has 0 aliphatic rings. The molecular weight excluding hydrogens is 320 g/mol. The Kier molecular flexibility index (Phi) is 6.39. The second kappa shape index (κ2) is 8.73. The molecule has 3 N–H and O–H groups in total. The van der Waals surface area contributed by atoms with Gasteiger partial charge in [0.25, 0.3) is 0 Å². The van der Waals surface area contributed by atoms with Gasteiger partial charge in [0.2, 0.25) is 0 Å². The molecule has 0 aliphatic heterocycles. The number of hydrogen-bond acceptors (Lipinski definition) is 3. The first-order valence-corrected chi connectivity index (χ1v) is 8.04. The Balaban J connectivity index is 1.93. The molecule has 2 amide bonds. The molecule has 6 heteroatoms. The number of benzene rings is 2. The maximum Gasteiger partial charge on any atom is 0.319 e. The Morgan fingerprint density at radius 3 is 2.52 bits per heavy atom. The molecule has 0 heterocycles. The molecule has 1 unspecified atom stereocenters. The fourth-order valence-electron chi connectivity index (χ4n) is 2.30. The van der Waals surface area contributed by atoms with Crippen molar-refractivity contribution in [3.8, 4) is 5.75 Å². The minimum absolute atomic E-state index is 0.0794. The maximum atomic E-state index is 11.7. The van der Waals surface area contributed by atoms with Gasteiger partial charge < -0.3 is 20.5 Å². The number of rotatable bonds is 7. The molecule has 2 aromatic carbocycles. The molecule has 0 aliphatic carbocycles. The van der Waals surface area contributed by atoms with Gasteiger partial charge in [-0.1, -0.05) is 30.3 Å². The second-order valence-corrected chi connectivity index (χ2v) is 5.67. The number of amides is 2. The third-order valence-electron chi connectivity index (χ3n) is 3.65. The highest BCUT2D eigenvalue weighted by Crippen LogP contribution is 2.26.